The summed E-state index contributed by atoms with van der Waals surface area (Å²) in [5.41, 5.74) is 1.32. The number of hydrogen-bond donors (Lipinski definition) is 0. The van der Waals surface area contributed by atoms with Crippen molar-refractivity contribution in [2.75, 3.05) is 11.4 Å². The van der Waals surface area contributed by atoms with Crippen molar-refractivity contribution >= 4 is 23.1 Å². The van der Waals surface area contributed by atoms with Gasteiger partial charge in [0.1, 0.15) is 23.1 Å². The van der Waals surface area contributed by atoms with E-state index in [2.05, 4.69) is 9.97 Å². The molecule has 19 heavy (non-hydrogen) atoms. The highest BCUT2D eigenvalue weighted by atomic mass is 35.5. The molecule has 0 atom stereocenters. The van der Waals surface area contributed by atoms with Crippen LogP contribution in [0.1, 0.15) is 19.4 Å². The maximum atomic E-state index is 13.9. The zero-order valence-electron chi connectivity index (χ0n) is 10.9. The molecule has 0 aliphatic rings. The highest BCUT2D eigenvalue weighted by Crippen LogP contribution is 2.31. The van der Waals surface area contributed by atoms with Crippen LogP contribution in [0.25, 0.3) is 0 Å². The van der Waals surface area contributed by atoms with Gasteiger partial charge in [0.2, 0.25) is 0 Å². The van der Waals surface area contributed by atoms with E-state index in [1.807, 2.05) is 18.7 Å². The molecular weight excluding hydrogens is 265 g/mol. The molecule has 0 amide bonds. The number of anilines is 2. The van der Waals surface area contributed by atoms with Gasteiger partial charge in [-0.25, -0.2) is 14.4 Å². The van der Waals surface area contributed by atoms with E-state index in [4.69, 9.17) is 11.6 Å². The van der Waals surface area contributed by atoms with Gasteiger partial charge in [-0.3, -0.25) is 0 Å². The third-order valence-electron chi connectivity index (χ3n) is 2.94. The standard InChI is InChI=1S/C14H15ClFN3/c1-3-10-13(15)17-9-18-14(10)19(4-2)12-8-6-5-7-11(12)16/h5-9H,3-4H2,1-2H3. The summed E-state index contributed by atoms with van der Waals surface area (Å²) in [6.07, 6.45) is 2.10. The number of rotatable bonds is 4. The van der Waals surface area contributed by atoms with Gasteiger partial charge in [0.15, 0.2) is 0 Å². The van der Waals surface area contributed by atoms with Gasteiger partial charge in [-0.05, 0) is 25.5 Å². The molecule has 1 heterocycles. The lowest BCUT2D eigenvalue weighted by Crippen LogP contribution is -2.20. The molecule has 0 N–H and O–H groups in total. The summed E-state index contributed by atoms with van der Waals surface area (Å²) in [6, 6.07) is 6.64. The van der Waals surface area contributed by atoms with Crippen LogP contribution in [0.2, 0.25) is 5.15 Å². The van der Waals surface area contributed by atoms with Gasteiger partial charge in [0.25, 0.3) is 0 Å². The Kier molecular flexibility index (Phi) is 4.32. The smallest absolute Gasteiger partial charge is 0.146 e. The van der Waals surface area contributed by atoms with Crippen molar-refractivity contribution in [2.45, 2.75) is 20.3 Å². The topological polar surface area (TPSA) is 29.0 Å². The number of aromatic nitrogens is 2. The summed E-state index contributed by atoms with van der Waals surface area (Å²) in [4.78, 5) is 10.0. The van der Waals surface area contributed by atoms with E-state index in [-0.39, 0.29) is 5.82 Å². The fraction of sp³-hybridized carbons (Fsp3) is 0.286. The van der Waals surface area contributed by atoms with Crippen LogP contribution in [0.5, 0.6) is 0 Å². The predicted molar refractivity (Wildman–Crippen MR) is 75.5 cm³/mol. The first kappa shape index (κ1) is 13.7. The Labute approximate surface area is 117 Å². The Morgan fingerprint density at radius 2 is 1.95 bits per heavy atom. The van der Waals surface area contributed by atoms with Crippen LogP contribution in [0.15, 0.2) is 30.6 Å². The van der Waals surface area contributed by atoms with Gasteiger partial charge in [-0.2, -0.15) is 0 Å². The van der Waals surface area contributed by atoms with E-state index in [1.165, 1.54) is 12.4 Å². The Morgan fingerprint density at radius 3 is 2.58 bits per heavy atom. The van der Waals surface area contributed by atoms with E-state index >= 15 is 0 Å². The molecule has 100 valence electrons. The quantitative estimate of drug-likeness (QED) is 0.793. The van der Waals surface area contributed by atoms with E-state index in [0.717, 1.165) is 5.56 Å². The van der Waals surface area contributed by atoms with Crippen LogP contribution >= 0.6 is 11.6 Å². The summed E-state index contributed by atoms with van der Waals surface area (Å²) < 4.78 is 13.9. The van der Waals surface area contributed by atoms with Crippen molar-refractivity contribution in [3.05, 3.63) is 47.1 Å². The molecule has 0 saturated heterocycles. The summed E-state index contributed by atoms with van der Waals surface area (Å²) in [7, 11) is 0. The lowest BCUT2D eigenvalue weighted by molar-refractivity contribution is 0.625. The molecule has 0 radical (unpaired) electrons. The normalized spacial score (nSPS) is 10.5. The molecule has 0 unspecified atom stereocenters. The fourth-order valence-electron chi connectivity index (χ4n) is 2.02. The minimum Gasteiger partial charge on any atom is -0.324 e. The van der Waals surface area contributed by atoms with Gasteiger partial charge in [-0.1, -0.05) is 30.7 Å². The molecule has 5 heteroatoms. The second-order valence-electron chi connectivity index (χ2n) is 4.02. The minimum absolute atomic E-state index is 0.277. The molecule has 0 spiro atoms. The average Bonchev–Trinajstić information content (AvgIpc) is 2.42. The molecule has 0 bridgehead atoms. The second kappa shape index (κ2) is 5.97. The number of hydrogen-bond acceptors (Lipinski definition) is 3. The lowest BCUT2D eigenvalue weighted by atomic mass is 10.2. The van der Waals surface area contributed by atoms with Gasteiger partial charge in [0, 0.05) is 12.1 Å². The third kappa shape index (κ3) is 2.68. The summed E-state index contributed by atoms with van der Waals surface area (Å²) in [5, 5.41) is 0.419. The molecule has 0 aliphatic carbocycles. The summed E-state index contributed by atoms with van der Waals surface area (Å²) in [5.74, 6) is 0.385. The molecule has 1 aromatic heterocycles. The maximum Gasteiger partial charge on any atom is 0.146 e. The molecular formula is C14H15ClFN3. The summed E-state index contributed by atoms with van der Waals surface area (Å²) >= 11 is 6.09. The first-order valence-electron chi connectivity index (χ1n) is 6.20. The predicted octanol–water partition coefficient (Wildman–Crippen LogP) is 3.99. The molecule has 0 fully saturated rings. The van der Waals surface area contributed by atoms with Crippen molar-refractivity contribution in [1.29, 1.82) is 0 Å². The Morgan fingerprint density at radius 1 is 1.21 bits per heavy atom. The van der Waals surface area contributed by atoms with Gasteiger partial charge < -0.3 is 4.90 Å². The van der Waals surface area contributed by atoms with Crippen molar-refractivity contribution in [3.63, 3.8) is 0 Å². The summed E-state index contributed by atoms with van der Waals surface area (Å²) in [6.45, 7) is 4.52. The fourth-order valence-corrected chi connectivity index (χ4v) is 2.29. The zero-order valence-corrected chi connectivity index (χ0v) is 11.7. The van der Waals surface area contributed by atoms with Crippen molar-refractivity contribution in [1.82, 2.24) is 9.97 Å². The number of halogens is 2. The van der Waals surface area contributed by atoms with E-state index in [1.54, 1.807) is 18.2 Å². The Bertz CT molecular complexity index is 574. The van der Waals surface area contributed by atoms with Crippen molar-refractivity contribution in [3.8, 4) is 0 Å². The number of nitrogens with zero attached hydrogens (tertiary/aromatic N) is 3. The second-order valence-corrected chi connectivity index (χ2v) is 4.37. The third-order valence-corrected chi connectivity index (χ3v) is 3.26. The van der Waals surface area contributed by atoms with Crippen LogP contribution in [0.3, 0.4) is 0 Å². The molecule has 0 saturated carbocycles. The Hall–Kier alpha value is -1.68. The minimum atomic E-state index is -0.277. The highest BCUT2D eigenvalue weighted by molar-refractivity contribution is 6.30. The largest absolute Gasteiger partial charge is 0.324 e. The number of para-hydroxylation sites is 1. The van der Waals surface area contributed by atoms with Crippen LogP contribution in [0.4, 0.5) is 15.9 Å². The van der Waals surface area contributed by atoms with Crippen molar-refractivity contribution in [2.24, 2.45) is 0 Å². The molecule has 1 aromatic carbocycles. The monoisotopic (exact) mass is 279 g/mol. The van der Waals surface area contributed by atoms with E-state index in [9.17, 15) is 4.39 Å². The lowest BCUT2D eigenvalue weighted by Gasteiger charge is -2.24. The molecule has 2 aromatic rings. The maximum absolute atomic E-state index is 13.9. The molecule has 2 rings (SSSR count). The van der Waals surface area contributed by atoms with Crippen LogP contribution in [-0.2, 0) is 6.42 Å². The van der Waals surface area contributed by atoms with E-state index in [0.29, 0.717) is 29.6 Å². The first-order valence-corrected chi connectivity index (χ1v) is 6.58. The highest BCUT2D eigenvalue weighted by Gasteiger charge is 2.17. The Balaban J connectivity index is 2.55. The van der Waals surface area contributed by atoms with Crippen LogP contribution < -0.4 is 4.90 Å². The molecule has 3 nitrogen and oxygen atoms in total. The van der Waals surface area contributed by atoms with Gasteiger partial charge in [0.05, 0.1) is 5.69 Å². The average molecular weight is 280 g/mol. The van der Waals surface area contributed by atoms with Crippen molar-refractivity contribution < 1.29 is 4.39 Å². The van der Waals surface area contributed by atoms with Crippen LogP contribution in [0, 0.1) is 5.82 Å². The SMILES string of the molecule is CCc1c(Cl)ncnc1N(CC)c1ccccc1F. The number of benzene rings is 1. The zero-order chi connectivity index (χ0) is 13.8. The van der Waals surface area contributed by atoms with Gasteiger partial charge in [-0.15, -0.1) is 0 Å². The van der Waals surface area contributed by atoms with Crippen LogP contribution in [-0.4, -0.2) is 16.5 Å². The first-order chi connectivity index (χ1) is 9.19. The molecule has 0 aliphatic heterocycles. The van der Waals surface area contributed by atoms with Gasteiger partial charge >= 0.3 is 0 Å². The van der Waals surface area contributed by atoms with E-state index < -0.39 is 0 Å².